The lowest BCUT2D eigenvalue weighted by Crippen LogP contribution is -2.60. The summed E-state index contributed by atoms with van der Waals surface area (Å²) < 4.78 is 45.7. The maximum Gasteiger partial charge on any atom is 0.402 e. The Morgan fingerprint density at radius 3 is 1.76 bits per heavy atom. The Morgan fingerprint density at radius 2 is 1.19 bits per heavy atom. The van der Waals surface area contributed by atoms with Crippen LogP contribution in [0.3, 0.4) is 0 Å². The lowest BCUT2D eigenvalue weighted by molar-refractivity contribution is -0.277. The molecule has 0 unspecified atom stereocenters. The van der Waals surface area contributed by atoms with Gasteiger partial charge in [0, 0.05) is 47.5 Å². The van der Waals surface area contributed by atoms with Gasteiger partial charge in [-0.3, -0.25) is 0 Å². The highest BCUT2D eigenvalue weighted by molar-refractivity contribution is 5.92. The lowest BCUT2D eigenvalue weighted by atomic mass is 9.78. The van der Waals surface area contributed by atoms with Gasteiger partial charge >= 0.3 is 11.3 Å². The minimum Gasteiger partial charge on any atom is -0.508 e. The first-order valence-corrected chi connectivity index (χ1v) is 17.8. The van der Waals surface area contributed by atoms with E-state index in [0.717, 1.165) is 12.1 Å². The van der Waals surface area contributed by atoms with Gasteiger partial charge in [-0.1, -0.05) is 0 Å². The maximum absolute atomic E-state index is 12.3. The number of phenols is 6. The molecule has 4 aromatic carbocycles. The summed E-state index contributed by atoms with van der Waals surface area (Å²) >= 11 is 0. The van der Waals surface area contributed by atoms with E-state index >= 15 is 0 Å². The van der Waals surface area contributed by atoms with Crippen molar-refractivity contribution < 1.29 is 93.7 Å². The van der Waals surface area contributed by atoms with Gasteiger partial charge < -0.3 is 89.3 Å². The fourth-order valence-corrected chi connectivity index (χ4v) is 7.38. The molecule has 11 N–H and O–H groups in total. The van der Waals surface area contributed by atoms with Gasteiger partial charge in [0.2, 0.25) is 23.5 Å². The number of aliphatic hydroxyl groups excluding tert-OH is 5. The van der Waals surface area contributed by atoms with Crippen LogP contribution in [0.1, 0.15) is 28.7 Å². The van der Waals surface area contributed by atoms with Crippen LogP contribution in [-0.4, -0.2) is 128 Å². The number of hydrogen-bond donors (Lipinski definition) is 11. The number of hydrogen-bond acceptors (Lipinski definition) is 18. The number of aliphatic hydroxyl groups is 5. The highest BCUT2D eigenvalue weighted by atomic mass is 16.7. The SMILES string of the molecule is COc1cc(-c2[o+]c3c([C@@H]4c5c(O)cc(O)cc5O[C@H](c5cc(OC)c(O)c(OC)c5)[C@H]4O)c(O)cc(O)c3cc2O[C@@H]2O[C@H](CO)[C@@H](O)[C@H](O)[C@H]2O)cc(OC)c1O. The number of ether oxygens (including phenoxy) is 7. The summed E-state index contributed by atoms with van der Waals surface area (Å²) in [5, 5.41) is 120. The molecule has 3 heterocycles. The monoisotopic (exact) mass is 825 g/mol. The van der Waals surface area contributed by atoms with Crippen molar-refractivity contribution in [2.24, 2.45) is 0 Å². The van der Waals surface area contributed by atoms with E-state index in [1.807, 2.05) is 0 Å². The van der Waals surface area contributed by atoms with Crippen LogP contribution in [-0.2, 0) is 4.74 Å². The zero-order valence-corrected chi connectivity index (χ0v) is 31.6. The fourth-order valence-electron chi connectivity index (χ4n) is 7.38. The van der Waals surface area contributed by atoms with E-state index < -0.39 is 84.2 Å². The van der Waals surface area contributed by atoms with Crippen LogP contribution < -0.4 is 28.4 Å². The summed E-state index contributed by atoms with van der Waals surface area (Å²) in [7, 11) is 5.11. The zero-order valence-electron chi connectivity index (χ0n) is 31.6. The minimum absolute atomic E-state index is 0.0497. The maximum atomic E-state index is 12.3. The molecule has 0 bridgehead atoms. The van der Waals surface area contributed by atoms with E-state index in [9.17, 15) is 56.2 Å². The second-order valence-electron chi connectivity index (χ2n) is 13.7. The molecule has 0 amide bonds. The molecular formula is C40H41O19+. The molecule has 59 heavy (non-hydrogen) atoms. The molecule has 2 aliphatic rings. The van der Waals surface area contributed by atoms with E-state index in [4.69, 9.17) is 37.6 Å². The largest absolute Gasteiger partial charge is 0.508 e. The quantitative estimate of drug-likeness (QED) is 0.0901. The Morgan fingerprint density at radius 1 is 0.610 bits per heavy atom. The van der Waals surface area contributed by atoms with Crippen molar-refractivity contribution in [1.82, 2.24) is 0 Å². The van der Waals surface area contributed by atoms with Crippen LogP contribution >= 0.6 is 0 Å². The molecule has 1 fully saturated rings. The molecule has 314 valence electrons. The van der Waals surface area contributed by atoms with Crippen LogP contribution in [0.25, 0.3) is 22.3 Å². The van der Waals surface area contributed by atoms with Crippen molar-refractivity contribution in [2.45, 2.75) is 48.8 Å². The highest BCUT2D eigenvalue weighted by Gasteiger charge is 2.48. The Bertz CT molecular complexity index is 2350. The zero-order chi connectivity index (χ0) is 42.6. The molecule has 5 aromatic rings. The van der Waals surface area contributed by atoms with E-state index in [1.54, 1.807) is 0 Å². The normalized spacial score (nSPS) is 23.9. The first-order valence-electron chi connectivity index (χ1n) is 17.8. The van der Waals surface area contributed by atoms with Crippen LogP contribution in [0.4, 0.5) is 0 Å². The molecule has 1 saturated heterocycles. The third-order valence-electron chi connectivity index (χ3n) is 10.3. The van der Waals surface area contributed by atoms with Gasteiger partial charge in [-0.25, -0.2) is 4.42 Å². The number of benzene rings is 4. The number of aromatic hydroxyl groups is 6. The van der Waals surface area contributed by atoms with Gasteiger partial charge in [-0.2, -0.15) is 0 Å². The van der Waals surface area contributed by atoms with Crippen LogP contribution in [0.2, 0.25) is 0 Å². The highest BCUT2D eigenvalue weighted by Crippen LogP contribution is 2.56. The molecule has 2 aliphatic heterocycles. The molecule has 8 atom stereocenters. The molecule has 0 saturated carbocycles. The van der Waals surface area contributed by atoms with Crippen molar-refractivity contribution in [3.8, 4) is 80.3 Å². The Hall–Kier alpha value is -6.35. The van der Waals surface area contributed by atoms with Gasteiger partial charge in [0.15, 0.2) is 29.1 Å². The molecule has 7 rings (SSSR count). The number of phenolic OH excluding ortho intramolecular Hbond substituents is 6. The van der Waals surface area contributed by atoms with Crippen molar-refractivity contribution in [1.29, 1.82) is 0 Å². The third-order valence-corrected chi connectivity index (χ3v) is 10.3. The van der Waals surface area contributed by atoms with E-state index in [-0.39, 0.29) is 79.2 Å². The molecular weight excluding hydrogens is 784 g/mol. The number of methoxy groups -OCH3 is 4. The summed E-state index contributed by atoms with van der Waals surface area (Å²) in [6, 6.07) is 9.62. The average molecular weight is 826 g/mol. The molecule has 0 spiro atoms. The summed E-state index contributed by atoms with van der Waals surface area (Å²) in [5.41, 5.74) is -0.460. The second-order valence-corrected chi connectivity index (χ2v) is 13.7. The smallest absolute Gasteiger partial charge is 0.402 e. The van der Waals surface area contributed by atoms with E-state index in [0.29, 0.717) is 0 Å². The number of fused-ring (bicyclic) bond motifs is 2. The van der Waals surface area contributed by atoms with Crippen molar-refractivity contribution in [3.63, 3.8) is 0 Å². The van der Waals surface area contributed by atoms with Gasteiger partial charge in [0.1, 0.15) is 70.2 Å². The Labute approximate surface area is 333 Å². The average Bonchev–Trinajstić information content (AvgIpc) is 3.21. The Balaban J connectivity index is 1.51. The van der Waals surface area contributed by atoms with Crippen molar-refractivity contribution in [3.05, 3.63) is 65.2 Å². The van der Waals surface area contributed by atoms with Crippen molar-refractivity contribution >= 4 is 11.0 Å². The first-order chi connectivity index (χ1) is 28.1. The van der Waals surface area contributed by atoms with Crippen LogP contribution in [0.15, 0.2) is 52.9 Å². The van der Waals surface area contributed by atoms with Crippen molar-refractivity contribution in [2.75, 3.05) is 35.0 Å². The van der Waals surface area contributed by atoms with Crippen LogP contribution in [0, 0.1) is 0 Å². The van der Waals surface area contributed by atoms with Gasteiger partial charge in [-0.05, 0) is 12.1 Å². The predicted molar refractivity (Wildman–Crippen MR) is 201 cm³/mol. The van der Waals surface area contributed by atoms with Gasteiger partial charge in [-0.15, -0.1) is 0 Å². The standard InChI is InChI=1S/C40H40O19/c1-52-22-5-14(6-23(53-2)31(22)46)37-26(57-40-36(51)35(50)33(48)27(13-41)58-40)11-17-18(43)12-20(45)29(39(17)59-37)30-28-19(44)9-16(42)10-21(28)56-38(34(30)49)15-7-24(54-3)32(47)25(8-15)55-4/h5-12,27,30,33-36,38,40-41,48-51H,13H2,1-4H3,(H5-,42,43,44,45,46,47)/p+1/t27-,30+,33-,34+,35+,36-,38-,40-/m1/s1. The summed E-state index contributed by atoms with van der Waals surface area (Å²) in [4.78, 5) is 0. The summed E-state index contributed by atoms with van der Waals surface area (Å²) in [6.45, 7) is -0.778. The second kappa shape index (κ2) is 15.8. The third kappa shape index (κ3) is 6.92. The van der Waals surface area contributed by atoms with E-state index in [1.165, 1.54) is 64.8 Å². The molecule has 1 aromatic heterocycles. The molecule has 0 radical (unpaired) electrons. The van der Waals surface area contributed by atoms with Crippen LogP contribution in [0.5, 0.6) is 69.0 Å². The molecule has 19 heteroatoms. The Kier molecular flexibility index (Phi) is 10.9. The fraction of sp³-hybridized carbons (Fsp3) is 0.325. The lowest BCUT2D eigenvalue weighted by Gasteiger charge is -2.39. The minimum atomic E-state index is -1.90. The van der Waals surface area contributed by atoms with Gasteiger partial charge in [0.25, 0.3) is 0 Å². The first kappa shape index (κ1) is 40.8. The molecule has 0 aliphatic carbocycles. The number of rotatable bonds is 10. The summed E-state index contributed by atoms with van der Waals surface area (Å²) in [5.74, 6) is -5.59. The van der Waals surface area contributed by atoms with Gasteiger partial charge in [0.05, 0.1) is 46.5 Å². The molecule has 19 nitrogen and oxygen atoms in total. The summed E-state index contributed by atoms with van der Waals surface area (Å²) in [6.07, 6.45) is -11.8. The predicted octanol–water partition coefficient (Wildman–Crippen LogP) is 2.45. The van der Waals surface area contributed by atoms with E-state index in [2.05, 4.69) is 0 Å². The topological polar surface area (TPSA) is 298 Å².